The van der Waals surface area contributed by atoms with Gasteiger partial charge >= 0.3 is 0 Å². The first-order valence-electron chi connectivity index (χ1n) is 6.44. The standard InChI is InChI=1S/C14H16BrNO3S2/c15-13-7-10-20-14(13)21(17,18)16-8-4-9-19-11-12-5-2-1-3-6-12/h1-3,5-7,10,16H,4,8-9,11H2. The predicted octanol–water partition coefficient (Wildman–Crippen LogP) is 3.40. The van der Waals surface area contributed by atoms with E-state index in [2.05, 4.69) is 20.7 Å². The second-order valence-electron chi connectivity index (χ2n) is 4.35. The molecule has 0 radical (unpaired) electrons. The highest BCUT2D eigenvalue weighted by Crippen LogP contribution is 2.27. The minimum atomic E-state index is -3.42. The largest absolute Gasteiger partial charge is 0.377 e. The van der Waals surface area contributed by atoms with Crippen LogP contribution in [0.15, 0.2) is 50.5 Å². The molecule has 0 unspecified atom stereocenters. The molecular formula is C14H16BrNO3S2. The van der Waals surface area contributed by atoms with Gasteiger partial charge in [0.25, 0.3) is 10.0 Å². The second kappa shape index (κ2) is 8.05. The van der Waals surface area contributed by atoms with Crippen molar-refractivity contribution in [3.05, 3.63) is 51.8 Å². The molecular weight excluding hydrogens is 374 g/mol. The number of hydrogen-bond donors (Lipinski definition) is 1. The molecule has 0 atom stereocenters. The Morgan fingerprint density at radius 3 is 2.62 bits per heavy atom. The van der Waals surface area contributed by atoms with Gasteiger partial charge in [-0.2, -0.15) is 0 Å². The van der Waals surface area contributed by atoms with Crippen LogP contribution in [-0.2, 0) is 21.4 Å². The highest BCUT2D eigenvalue weighted by Gasteiger charge is 2.18. The zero-order valence-electron chi connectivity index (χ0n) is 11.3. The third kappa shape index (κ3) is 5.19. The van der Waals surface area contributed by atoms with Crippen molar-refractivity contribution in [2.24, 2.45) is 0 Å². The zero-order chi connectivity index (χ0) is 15.1. The van der Waals surface area contributed by atoms with Gasteiger partial charge in [-0.1, -0.05) is 30.3 Å². The molecule has 2 rings (SSSR count). The molecule has 7 heteroatoms. The van der Waals surface area contributed by atoms with Crippen LogP contribution in [0.1, 0.15) is 12.0 Å². The van der Waals surface area contributed by atoms with Gasteiger partial charge < -0.3 is 4.74 Å². The Balaban J connectivity index is 1.67. The quantitative estimate of drug-likeness (QED) is 0.703. The molecule has 1 heterocycles. The molecule has 0 saturated carbocycles. The lowest BCUT2D eigenvalue weighted by Crippen LogP contribution is -2.25. The Morgan fingerprint density at radius 1 is 1.19 bits per heavy atom. The number of thiophene rings is 1. The topological polar surface area (TPSA) is 55.4 Å². The van der Waals surface area contributed by atoms with Gasteiger partial charge in [0.15, 0.2) is 0 Å². The number of sulfonamides is 1. The molecule has 1 aromatic heterocycles. The van der Waals surface area contributed by atoms with Gasteiger partial charge in [0, 0.05) is 17.6 Å². The number of rotatable bonds is 8. The van der Waals surface area contributed by atoms with Crippen LogP contribution in [-0.4, -0.2) is 21.6 Å². The highest BCUT2D eigenvalue weighted by molar-refractivity contribution is 9.10. The number of nitrogens with one attached hydrogen (secondary N) is 1. The lowest BCUT2D eigenvalue weighted by atomic mass is 10.2. The molecule has 0 fully saturated rings. The summed E-state index contributed by atoms with van der Waals surface area (Å²) in [5.74, 6) is 0. The Hall–Kier alpha value is -0.730. The predicted molar refractivity (Wildman–Crippen MR) is 87.9 cm³/mol. The highest BCUT2D eigenvalue weighted by atomic mass is 79.9. The number of halogens is 1. The molecule has 1 N–H and O–H groups in total. The smallest absolute Gasteiger partial charge is 0.251 e. The summed E-state index contributed by atoms with van der Waals surface area (Å²) in [5, 5.41) is 1.74. The molecule has 1 aromatic carbocycles. The van der Waals surface area contributed by atoms with Crippen LogP contribution in [0.2, 0.25) is 0 Å². The molecule has 4 nitrogen and oxygen atoms in total. The lowest BCUT2D eigenvalue weighted by molar-refractivity contribution is 0.119. The molecule has 0 spiro atoms. The van der Waals surface area contributed by atoms with Crippen LogP contribution in [0.5, 0.6) is 0 Å². The van der Waals surface area contributed by atoms with E-state index in [4.69, 9.17) is 4.74 Å². The zero-order valence-corrected chi connectivity index (χ0v) is 14.5. The van der Waals surface area contributed by atoms with Crippen LogP contribution in [0.25, 0.3) is 0 Å². The normalized spacial score (nSPS) is 11.7. The molecule has 0 aliphatic rings. The summed E-state index contributed by atoms with van der Waals surface area (Å²) in [5.41, 5.74) is 1.11. The Labute approximate surface area is 137 Å². The van der Waals surface area contributed by atoms with Crippen molar-refractivity contribution in [1.29, 1.82) is 0 Å². The summed E-state index contributed by atoms with van der Waals surface area (Å²) in [6, 6.07) is 11.6. The van der Waals surface area contributed by atoms with Crippen LogP contribution < -0.4 is 4.72 Å². The van der Waals surface area contributed by atoms with Gasteiger partial charge in [0.1, 0.15) is 4.21 Å². The first-order valence-corrected chi connectivity index (χ1v) is 9.59. The van der Waals surface area contributed by atoms with Crippen molar-refractivity contribution in [3.8, 4) is 0 Å². The summed E-state index contributed by atoms with van der Waals surface area (Å²) in [7, 11) is -3.42. The van der Waals surface area contributed by atoms with Crippen LogP contribution in [0, 0.1) is 0 Å². The fourth-order valence-electron chi connectivity index (χ4n) is 1.68. The van der Waals surface area contributed by atoms with E-state index in [9.17, 15) is 8.42 Å². The minimum absolute atomic E-state index is 0.313. The van der Waals surface area contributed by atoms with Gasteiger partial charge in [-0.25, -0.2) is 13.1 Å². The first-order chi connectivity index (χ1) is 10.1. The summed E-state index contributed by atoms with van der Waals surface area (Å²) in [6.45, 7) is 1.43. The van der Waals surface area contributed by atoms with Crippen LogP contribution >= 0.6 is 27.3 Å². The van der Waals surface area contributed by atoms with Gasteiger partial charge in [0.2, 0.25) is 0 Å². The van der Waals surface area contributed by atoms with E-state index in [1.807, 2.05) is 30.3 Å². The van der Waals surface area contributed by atoms with Gasteiger partial charge in [-0.05, 0) is 39.4 Å². The summed E-state index contributed by atoms with van der Waals surface area (Å²) in [6.07, 6.45) is 0.634. The maximum Gasteiger partial charge on any atom is 0.251 e. The SMILES string of the molecule is O=S(=O)(NCCCOCc1ccccc1)c1sccc1Br. The second-order valence-corrected chi connectivity index (χ2v) is 8.08. The van der Waals surface area contributed by atoms with E-state index in [1.165, 1.54) is 11.3 Å². The lowest BCUT2D eigenvalue weighted by Gasteiger charge is -2.06. The van der Waals surface area contributed by atoms with Gasteiger partial charge in [-0.3, -0.25) is 0 Å². The van der Waals surface area contributed by atoms with Gasteiger partial charge in [0.05, 0.1) is 6.61 Å². The van der Waals surface area contributed by atoms with E-state index in [0.717, 1.165) is 5.56 Å². The molecule has 21 heavy (non-hydrogen) atoms. The van der Waals surface area contributed by atoms with Gasteiger partial charge in [-0.15, -0.1) is 11.3 Å². The third-order valence-corrected chi connectivity index (χ3v) is 6.83. The maximum atomic E-state index is 12.0. The molecule has 0 aliphatic heterocycles. The van der Waals surface area contributed by atoms with E-state index < -0.39 is 10.0 Å². The Kier molecular flexibility index (Phi) is 6.38. The third-order valence-electron chi connectivity index (χ3n) is 2.70. The minimum Gasteiger partial charge on any atom is -0.377 e. The summed E-state index contributed by atoms with van der Waals surface area (Å²) in [4.78, 5) is 0. The Morgan fingerprint density at radius 2 is 1.95 bits per heavy atom. The molecule has 0 amide bonds. The molecule has 114 valence electrons. The fraction of sp³-hybridized carbons (Fsp3) is 0.286. The maximum absolute atomic E-state index is 12.0. The van der Waals surface area contributed by atoms with Crippen molar-refractivity contribution in [2.75, 3.05) is 13.2 Å². The number of benzene rings is 1. The van der Waals surface area contributed by atoms with Crippen molar-refractivity contribution >= 4 is 37.3 Å². The van der Waals surface area contributed by atoms with Crippen LogP contribution in [0.4, 0.5) is 0 Å². The van der Waals surface area contributed by atoms with Crippen molar-refractivity contribution in [1.82, 2.24) is 4.72 Å². The fourth-order valence-corrected chi connectivity index (χ4v) is 5.14. The van der Waals surface area contributed by atoms with Crippen molar-refractivity contribution < 1.29 is 13.2 Å². The van der Waals surface area contributed by atoms with Crippen LogP contribution in [0.3, 0.4) is 0 Å². The van der Waals surface area contributed by atoms with Crippen molar-refractivity contribution in [2.45, 2.75) is 17.2 Å². The van der Waals surface area contributed by atoms with E-state index in [1.54, 1.807) is 11.4 Å². The van der Waals surface area contributed by atoms with E-state index >= 15 is 0 Å². The molecule has 0 aliphatic carbocycles. The molecule has 0 bridgehead atoms. The van der Waals surface area contributed by atoms with E-state index in [0.29, 0.717) is 34.9 Å². The van der Waals surface area contributed by atoms with Crippen molar-refractivity contribution in [3.63, 3.8) is 0 Å². The monoisotopic (exact) mass is 389 g/mol. The summed E-state index contributed by atoms with van der Waals surface area (Å²) >= 11 is 4.42. The number of ether oxygens (including phenoxy) is 1. The van der Waals surface area contributed by atoms with E-state index in [-0.39, 0.29) is 0 Å². The molecule has 0 saturated heterocycles. The number of hydrogen-bond acceptors (Lipinski definition) is 4. The molecule has 2 aromatic rings. The average Bonchev–Trinajstić information content (AvgIpc) is 2.91. The first kappa shape index (κ1) is 16.6. The Bertz CT molecular complexity index is 656. The summed E-state index contributed by atoms with van der Waals surface area (Å²) < 4.78 is 33.0. The average molecular weight is 390 g/mol.